The Kier molecular flexibility index (Phi) is 5.24. The first-order valence-electron chi connectivity index (χ1n) is 6.45. The summed E-state index contributed by atoms with van der Waals surface area (Å²) in [5.74, 6) is 6.93. The Morgan fingerprint density at radius 2 is 2.37 bits per heavy atom. The SMILES string of the molecule is CSc1nc(NN)cc(N(C)CC2CCCCO2)n1. The number of thioether (sulfide) groups is 1. The van der Waals surface area contributed by atoms with Crippen LogP contribution in [0.25, 0.3) is 0 Å². The third-order valence-electron chi connectivity index (χ3n) is 3.17. The predicted octanol–water partition coefficient (Wildman–Crippen LogP) is 1.49. The van der Waals surface area contributed by atoms with Crippen LogP contribution in [0.15, 0.2) is 11.2 Å². The zero-order valence-electron chi connectivity index (χ0n) is 11.4. The van der Waals surface area contributed by atoms with Crippen LogP contribution in [0.3, 0.4) is 0 Å². The minimum Gasteiger partial charge on any atom is -0.376 e. The van der Waals surface area contributed by atoms with Crippen molar-refractivity contribution < 1.29 is 4.74 Å². The molecule has 1 unspecified atom stereocenters. The van der Waals surface area contributed by atoms with E-state index < -0.39 is 0 Å². The highest BCUT2D eigenvalue weighted by atomic mass is 32.2. The molecular weight excluding hydrogens is 262 g/mol. The van der Waals surface area contributed by atoms with Crippen LogP contribution in [0, 0.1) is 0 Å². The highest BCUT2D eigenvalue weighted by Crippen LogP contribution is 2.21. The smallest absolute Gasteiger partial charge is 0.191 e. The quantitative estimate of drug-likeness (QED) is 0.367. The Morgan fingerprint density at radius 3 is 3.00 bits per heavy atom. The molecular formula is C12H21N5OS. The van der Waals surface area contributed by atoms with Gasteiger partial charge in [-0.1, -0.05) is 11.8 Å². The van der Waals surface area contributed by atoms with Crippen molar-refractivity contribution in [2.45, 2.75) is 30.5 Å². The Morgan fingerprint density at radius 1 is 1.53 bits per heavy atom. The van der Waals surface area contributed by atoms with E-state index in [9.17, 15) is 0 Å². The fourth-order valence-corrected chi connectivity index (χ4v) is 2.50. The molecule has 7 heteroatoms. The van der Waals surface area contributed by atoms with Crippen LogP contribution in [-0.4, -0.2) is 42.5 Å². The molecule has 3 N–H and O–H groups in total. The van der Waals surface area contributed by atoms with Gasteiger partial charge >= 0.3 is 0 Å². The third-order valence-corrected chi connectivity index (χ3v) is 3.71. The third kappa shape index (κ3) is 3.95. The number of rotatable bonds is 5. The number of anilines is 2. The average molecular weight is 283 g/mol. The monoisotopic (exact) mass is 283 g/mol. The lowest BCUT2D eigenvalue weighted by molar-refractivity contribution is 0.0215. The number of nitrogens with one attached hydrogen (secondary N) is 1. The Labute approximate surface area is 118 Å². The number of nitrogens with two attached hydrogens (primary N) is 1. The van der Waals surface area contributed by atoms with Crippen LogP contribution in [0.5, 0.6) is 0 Å². The Bertz CT molecular complexity index is 389. The van der Waals surface area contributed by atoms with Crippen LogP contribution in [0.2, 0.25) is 0 Å². The molecule has 106 valence electrons. The molecule has 1 aliphatic heterocycles. The summed E-state index contributed by atoms with van der Waals surface area (Å²) in [5.41, 5.74) is 2.58. The van der Waals surface area contributed by atoms with Crippen molar-refractivity contribution in [1.29, 1.82) is 0 Å². The first-order chi connectivity index (χ1) is 9.22. The number of nitrogen functional groups attached to an aromatic ring is 1. The van der Waals surface area contributed by atoms with Gasteiger partial charge in [0.05, 0.1) is 6.10 Å². The first kappa shape index (κ1) is 14.4. The molecule has 1 aromatic rings. The maximum Gasteiger partial charge on any atom is 0.191 e. The van der Waals surface area contributed by atoms with E-state index in [4.69, 9.17) is 10.6 Å². The Hall–Kier alpha value is -1.05. The standard InChI is InChI=1S/C12H21N5OS/c1-17(8-9-5-3-4-6-18-9)11-7-10(16-13)14-12(15-11)19-2/h7,9H,3-6,8,13H2,1-2H3,(H,14,15,16). The van der Waals surface area contributed by atoms with Crippen molar-refractivity contribution in [3.05, 3.63) is 6.07 Å². The van der Waals surface area contributed by atoms with Gasteiger partial charge in [-0.25, -0.2) is 15.8 Å². The number of hydrogen-bond donors (Lipinski definition) is 2. The van der Waals surface area contributed by atoms with E-state index in [-0.39, 0.29) is 0 Å². The van der Waals surface area contributed by atoms with E-state index in [1.54, 1.807) is 0 Å². The van der Waals surface area contributed by atoms with Crippen molar-refractivity contribution in [2.75, 3.05) is 36.8 Å². The summed E-state index contributed by atoms with van der Waals surface area (Å²) in [4.78, 5) is 10.8. The van der Waals surface area contributed by atoms with E-state index in [1.165, 1.54) is 24.6 Å². The molecule has 0 amide bonds. The molecule has 1 atom stereocenters. The molecule has 0 aromatic carbocycles. The van der Waals surface area contributed by atoms with E-state index in [0.29, 0.717) is 17.1 Å². The van der Waals surface area contributed by atoms with Crippen molar-refractivity contribution in [3.8, 4) is 0 Å². The molecule has 0 bridgehead atoms. The number of hydrazine groups is 1. The van der Waals surface area contributed by atoms with Crippen LogP contribution >= 0.6 is 11.8 Å². The summed E-state index contributed by atoms with van der Waals surface area (Å²) in [6.45, 7) is 1.71. The van der Waals surface area contributed by atoms with Gasteiger partial charge in [-0.2, -0.15) is 0 Å². The molecule has 0 saturated carbocycles. The molecule has 2 rings (SSSR count). The second-order valence-electron chi connectivity index (χ2n) is 4.61. The van der Waals surface area contributed by atoms with Crippen LogP contribution < -0.4 is 16.2 Å². The van der Waals surface area contributed by atoms with Gasteiger partial charge < -0.3 is 15.1 Å². The minimum atomic E-state index is 0.292. The van der Waals surface area contributed by atoms with Crippen molar-refractivity contribution in [3.63, 3.8) is 0 Å². The van der Waals surface area contributed by atoms with Gasteiger partial charge in [0.2, 0.25) is 0 Å². The normalized spacial score (nSPS) is 19.2. The lowest BCUT2D eigenvalue weighted by atomic mass is 10.1. The molecule has 2 heterocycles. The highest BCUT2D eigenvalue weighted by molar-refractivity contribution is 7.98. The van der Waals surface area contributed by atoms with E-state index >= 15 is 0 Å². The molecule has 6 nitrogen and oxygen atoms in total. The second-order valence-corrected chi connectivity index (χ2v) is 5.38. The summed E-state index contributed by atoms with van der Waals surface area (Å²) in [7, 11) is 2.02. The van der Waals surface area contributed by atoms with Gasteiger partial charge in [0, 0.05) is 26.3 Å². The first-order valence-corrected chi connectivity index (χ1v) is 7.68. The molecule has 19 heavy (non-hydrogen) atoms. The van der Waals surface area contributed by atoms with E-state index in [2.05, 4.69) is 20.3 Å². The number of likely N-dealkylation sites (N-methyl/N-ethyl adjacent to an activating group) is 1. The number of nitrogens with zero attached hydrogens (tertiary/aromatic N) is 3. The molecule has 0 spiro atoms. The Balaban J connectivity index is 2.06. The van der Waals surface area contributed by atoms with Gasteiger partial charge in [-0.05, 0) is 25.5 Å². The van der Waals surface area contributed by atoms with E-state index in [0.717, 1.165) is 25.4 Å². The fraction of sp³-hybridized carbons (Fsp3) is 0.667. The summed E-state index contributed by atoms with van der Waals surface area (Å²) in [5, 5.41) is 0.710. The van der Waals surface area contributed by atoms with Crippen molar-refractivity contribution >= 4 is 23.4 Å². The lowest BCUT2D eigenvalue weighted by Gasteiger charge is -2.28. The number of hydrogen-bond acceptors (Lipinski definition) is 7. The highest BCUT2D eigenvalue weighted by Gasteiger charge is 2.17. The molecule has 0 aliphatic carbocycles. The average Bonchev–Trinajstić information content (AvgIpc) is 2.47. The maximum atomic E-state index is 5.75. The van der Waals surface area contributed by atoms with E-state index in [1.807, 2.05) is 19.4 Å². The van der Waals surface area contributed by atoms with Gasteiger partial charge in [-0.3, -0.25) is 0 Å². The van der Waals surface area contributed by atoms with Crippen molar-refractivity contribution in [1.82, 2.24) is 9.97 Å². The van der Waals surface area contributed by atoms with Gasteiger partial charge in [0.25, 0.3) is 0 Å². The van der Waals surface area contributed by atoms with Crippen LogP contribution in [0.4, 0.5) is 11.6 Å². The molecule has 0 radical (unpaired) electrons. The topological polar surface area (TPSA) is 76.3 Å². The minimum absolute atomic E-state index is 0.292. The number of aromatic nitrogens is 2. The number of ether oxygens (including phenoxy) is 1. The largest absolute Gasteiger partial charge is 0.376 e. The predicted molar refractivity (Wildman–Crippen MR) is 78.5 cm³/mol. The summed E-state index contributed by atoms with van der Waals surface area (Å²) in [6, 6.07) is 1.85. The van der Waals surface area contributed by atoms with Crippen molar-refractivity contribution in [2.24, 2.45) is 5.84 Å². The lowest BCUT2D eigenvalue weighted by Crippen LogP contribution is -2.34. The molecule has 1 aromatic heterocycles. The summed E-state index contributed by atoms with van der Waals surface area (Å²) in [6.07, 6.45) is 5.77. The maximum absolute atomic E-state index is 5.75. The zero-order valence-corrected chi connectivity index (χ0v) is 12.2. The van der Waals surface area contributed by atoms with Crippen LogP contribution in [-0.2, 0) is 4.74 Å². The van der Waals surface area contributed by atoms with Gasteiger partial charge in [0.1, 0.15) is 11.6 Å². The molecule has 1 saturated heterocycles. The van der Waals surface area contributed by atoms with Gasteiger partial charge in [-0.15, -0.1) is 0 Å². The van der Waals surface area contributed by atoms with Crippen LogP contribution in [0.1, 0.15) is 19.3 Å². The zero-order chi connectivity index (χ0) is 13.7. The fourth-order valence-electron chi connectivity index (χ4n) is 2.12. The molecule has 1 fully saturated rings. The molecule has 1 aliphatic rings. The summed E-state index contributed by atoms with van der Waals surface area (Å²) >= 11 is 1.50. The second kappa shape index (κ2) is 6.93. The summed E-state index contributed by atoms with van der Waals surface area (Å²) < 4.78 is 5.75. The van der Waals surface area contributed by atoms with Gasteiger partial charge in [0.15, 0.2) is 5.16 Å².